The Labute approximate surface area is 133 Å². The third kappa shape index (κ3) is 2.38. The minimum Gasteiger partial charge on any atom is -0.339 e. The van der Waals surface area contributed by atoms with Gasteiger partial charge < -0.3 is 10.2 Å². The predicted octanol–water partition coefficient (Wildman–Crippen LogP) is 3.58. The summed E-state index contributed by atoms with van der Waals surface area (Å²) in [6.07, 6.45) is 0. The average Bonchev–Trinajstić information content (AvgIpc) is 2.85. The summed E-state index contributed by atoms with van der Waals surface area (Å²) in [7, 11) is 0. The van der Waals surface area contributed by atoms with Gasteiger partial charge in [-0.15, -0.1) is 0 Å². The average molecular weight is 312 g/mol. The van der Waals surface area contributed by atoms with Gasteiger partial charge in [-0.2, -0.15) is 5.26 Å². The van der Waals surface area contributed by atoms with Crippen molar-refractivity contribution in [1.82, 2.24) is 9.97 Å². The van der Waals surface area contributed by atoms with Gasteiger partial charge in [0, 0.05) is 12.2 Å². The Morgan fingerprint density at radius 2 is 2.14 bits per heavy atom. The molecule has 0 unspecified atom stereocenters. The van der Waals surface area contributed by atoms with E-state index in [1.807, 2.05) is 38.1 Å². The van der Waals surface area contributed by atoms with Gasteiger partial charge in [-0.05, 0) is 43.6 Å². The Hall–Kier alpha value is -2.58. The number of allylic oxidation sites excluding steroid dienone is 1. The van der Waals surface area contributed by atoms with Crippen molar-refractivity contribution < 1.29 is 0 Å². The summed E-state index contributed by atoms with van der Waals surface area (Å²) in [4.78, 5) is 10.3. The second-order valence-electron chi connectivity index (χ2n) is 4.89. The topological polar surface area (TPSA) is 64.8 Å². The number of hydrogen-bond donors (Lipinski definition) is 1. The van der Waals surface area contributed by atoms with Gasteiger partial charge in [-0.3, -0.25) is 0 Å². The fraction of sp³-hybridized carbons (Fsp3) is 0.188. The molecule has 0 amide bonds. The van der Waals surface area contributed by atoms with E-state index in [1.165, 1.54) is 0 Å². The van der Waals surface area contributed by atoms with E-state index in [1.54, 1.807) is 6.07 Å². The first-order valence-electron chi connectivity index (χ1n) is 6.93. The summed E-state index contributed by atoms with van der Waals surface area (Å²) in [5.74, 6) is 0.723. The zero-order valence-corrected chi connectivity index (χ0v) is 13.0. The summed E-state index contributed by atoms with van der Waals surface area (Å²) in [5.41, 5.74) is 3.72. The van der Waals surface area contributed by atoms with Gasteiger partial charge in [0.2, 0.25) is 5.28 Å². The van der Waals surface area contributed by atoms with Crippen LogP contribution in [0.3, 0.4) is 0 Å². The zero-order valence-electron chi connectivity index (χ0n) is 12.3. The summed E-state index contributed by atoms with van der Waals surface area (Å²) < 4.78 is 0. The molecule has 3 rings (SSSR count). The summed E-state index contributed by atoms with van der Waals surface area (Å²) in [6, 6.07) is 11.9. The highest BCUT2D eigenvalue weighted by atomic mass is 35.5. The molecule has 0 fully saturated rings. The molecule has 1 aliphatic rings. The SMILES string of the molecule is CCN1/C(=C(\C#N)c2cc(C)nc(Cl)n2)Nc2ccccc21. The van der Waals surface area contributed by atoms with Crippen molar-refractivity contribution in [3.63, 3.8) is 0 Å². The lowest BCUT2D eigenvalue weighted by atomic mass is 10.1. The number of anilines is 2. The highest BCUT2D eigenvalue weighted by Gasteiger charge is 2.26. The van der Waals surface area contributed by atoms with Crippen LogP contribution in [0.4, 0.5) is 11.4 Å². The predicted molar refractivity (Wildman–Crippen MR) is 87.4 cm³/mol. The number of para-hydroxylation sites is 2. The summed E-state index contributed by atoms with van der Waals surface area (Å²) >= 11 is 5.93. The lowest BCUT2D eigenvalue weighted by Gasteiger charge is -2.19. The van der Waals surface area contributed by atoms with Crippen molar-refractivity contribution in [3.8, 4) is 6.07 Å². The van der Waals surface area contributed by atoms with E-state index in [0.717, 1.165) is 29.4 Å². The van der Waals surface area contributed by atoms with Gasteiger partial charge >= 0.3 is 0 Å². The molecule has 110 valence electrons. The molecular formula is C16H14ClN5. The first-order valence-corrected chi connectivity index (χ1v) is 7.31. The van der Waals surface area contributed by atoms with Gasteiger partial charge in [0.15, 0.2) is 0 Å². The van der Waals surface area contributed by atoms with Gasteiger partial charge in [0.05, 0.1) is 17.1 Å². The molecule has 1 aliphatic heterocycles. The lowest BCUT2D eigenvalue weighted by molar-refractivity contribution is 0.989. The van der Waals surface area contributed by atoms with E-state index in [0.29, 0.717) is 11.3 Å². The Kier molecular flexibility index (Phi) is 3.70. The van der Waals surface area contributed by atoms with E-state index in [9.17, 15) is 5.26 Å². The third-order valence-electron chi connectivity index (χ3n) is 3.47. The molecule has 2 heterocycles. The van der Waals surface area contributed by atoms with Crippen LogP contribution in [0, 0.1) is 18.3 Å². The molecule has 0 aliphatic carbocycles. The number of benzene rings is 1. The molecule has 0 atom stereocenters. The minimum atomic E-state index is 0.141. The van der Waals surface area contributed by atoms with Crippen LogP contribution >= 0.6 is 11.6 Å². The number of fused-ring (bicyclic) bond motifs is 1. The normalized spacial score (nSPS) is 15.1. The maximum atomic E-state index is 9.64. The van der Waals surface area contributed by atoms with Gasteiger partial charge in [-0.1, -0.05) is 12.1 Å². The van der Waals surface area contributed by atoms with Crippen molar-refractivity contribution in [2.45, 2.75) is 13.8 Å². The van der Waals surface area contributed by atoms with Crippen molar-refractivity contribution in [3.05, 3.63) is 52.8 Å². The number of aryl methyl sites for hydroxylation is 1. The maximum Gasteiger partial charge on any atom is 0.223 e. The molecule has 0 bridgehead atoms. The van der Waals surface area contributed by atoms with E-state index in [-0.39, 0.29) is 5.28 Å². The quantitative estimate of drug-likeness (QED) is 0.678. The Bertz CT molecular complexity index is 786. The second-order valence-corrected chi connectivity index (χ2v) is 5.22. The van der Waals surface area contributed by atoms with Gasteiger partial charge in [0.25, 0.3) is 0 Å². The molecule has 1 aromatic carbocycles. The van der Waals surface area contributed by atoms with Gasteiger partial charge in [-0.25, -0.2) is 9.97 Å². The number of nitrogens with zero attached hydrogens (tertiary/aromatic N) is 4. The number of nitrogens with one attached hydrogen (secondary N) is 1. The molecular weight excluding hydrogens is 298 g/mol. The molecule has 5 nitrogen and oxygen atoms in total. The van der Waals surface area contributed by atoms with Crippen LogP contribution in [-0.2, 0) is 0 Å². The van der Waals surface area contributed by atoms with E-state index < -0.39 is 0 Å². The highest BCUT2D eigenvalue weighted by Crippen LogP contribution is 2.38. The van der Waals surface area contributed by atoms with Crippen LogP contribution < -0.4 is 10.2 Å². The van der Waals surface area contributed by atoms with Crippen molar-refractivity contribution in [2.75, 3.05) is 16.8 Å². The summed E-state index contributed by atoms with van der Waals surface area (Å²) in [5, 5.41) is 13.1. The molecule has 6 heteroatoms. The summed E-state index contributed by atoms with van der Waals surface area (Å²) in [6.45, 7) is 4.60. The monoisotopic (exact) mass is 311 g/mol. The second kappa shape index (κ2) is 5.66. The zero-order chi connectivity index (χ0) is 15.7. The molecule has 0 saturated heterocycles. The minimum absolute atomic E-state index is 0.141. The number of aromatic nitrogens is 2. The highest BCUT2D eigenvalue weighted by molar-refractivity contribution is 6.28. The Morgan fingerprint density at radius 1 is 1.36 bits per heavy atom. The van der Waals surface area contributed by atoms with E-state index in [4.69, 9.17) is 11.6 Å². The van der Waals surface area contributed by atoms with Crippen LogP contribution in [0.25, 0.3) is 5.57 Å². The molecule has 0 radical (unpaired) electrons. The van der Waals surface area contributed by atoms with E-state index in [2.05, 4.69) is 26.3 Å². The third-order valence-corrected chi connectivity index (χ3v) is 3.63. The fourth-order valence-corrected chi connectivity index (χ4v) is 2.77. The van der Waals surface area contributed by atoms with Crippen molar-refractivity contribution >= 4 is 28.5 Å². The number of rotatable bonds is 2. The molecule has 0 spiro atoms. The fourth-order valence-electron chi connectivity index (χ4n) is 2.55. The first-order chi connectivity index (χ1) is 10.6. The Morgan fingerprint density at radius 3 is 2.82 bits per heavy atom. The van der Waals surface area contributed by atoms with Gasteiger partial charge in [0.1, 0.15) is 17.5 Å². The van der Waals surface area contributed by atoms with Crippen molar-refractivity contribution in [2.24, 2.45) is 0 Å². The molecule has 2 aromatic rings. The Balaban J connectivity index is 2.17. The molecule has 0 saturated carbocycles. The maximum absolute atomic E-state index is 9.64. The van der Waals surface area contributed by atoms with Crippen LogP contribution in [0.1, 0.15) is 18.3 Å². The van der Waals surface area contributed by atoms with Crippen LogP contribution in [0.5, 0.6) is 0 Å². The lowest BCUT2D eigenvalue weighted by Crippen LogP contribution is -2.21. The standard InChI is InChI=1S/C16H14ClN5/c1-3-22-14-7-5-4-6-12(14)20-15(22)11(9-18)13-8-10(2)19-16(17)21-13/h4-8,20H,3H2,1-2H3/b15-11+. The number of halogens is 1. The smallest absolute Gasteiger partial charge is 0.223 e. The van der Waals surface area contributed by atoms with E-state index >= 15 is 0 Å². The van der Waals surface area contributed by atoms with Crippen molar-refractivity contribution in [1.29, 1.82) is 5.26 Å². The first kappa shape index (κ1) is 14.4. The molecule has 1 N–H and O–H groups in total. The largest absolute Gasteiger partial charge is 0.339 e. The molecule has 1 aromatic heterocycles. The van der Waals surface area contributed by atoms with Crippen LogP contribution in [0.15, 0.2) is 36.2 Å². The van der Waals surface area contributed by atoms with Crippen LogP contribution in [-0.4, -0.2) is 16.5 Å². The van der Waals surface area contributed by atoms with Crippen LogP contribution in [0.2, 0.25) is 5.28 Å². The number of hydrogen-bond acceptors (Lipinski definition) is 5. The molecule has 22 heavy (non-hydrogen) atoms. The number of nitriles is 1.